The highest BCUT2D eigenvalue weighted by molar-refractivity contribution is 5.89. The summed E-state index contributed by atoms with van der Waals surface area (Å²) in [6, 6.07) is 5.21. The molecule has 4 bridgehead atoms. The third-order valence-corrected chi connectivity index (χ3v) is 7.97. The van der Waals surface area contributed by atoms with E-state index >= 15 is 0 Å². The van der Waals surface area contributed by atoms with Crippen LogP contribution in [0.1, 0.15) is 63.5 Å². The van der Waals surface area contributed by atoms with Crippen LogP contribution in [0.3, 0.4) is 0 Å². The largest absolute Gasteiger partial charge is 0.321 e. The normalized spacial score (nSPS) is 29.2. The molecular formula is C26H26F4N2O2. The number of benzene rings is 2. The predicted octanol–water partition coefficient (Wildman–Crippen LogP) is 5.95. The standard InChI is InChI=1S/C26H26F4N2O2/c1-13(33)31-23-19(27)4-17(5-20(23)28)25-8-15-3-16(9-25)11-26(10-15,12-25)18-6-21(29)24(22(30)7-18)32-14(2)34/h4-7,15-16H,3,8-12H2,1-2H3,(H,31,33)(H,32,34). The number of rotatable bonds is 4. The summed E-state index contributed by atoms with van der Waals surface area (Å²) in [7, 11) is 0. The first-order chi connectivity index (χ1) is 16.0. The first kappa shape index (κ1) is 22.9. The van der Waals surface area contributed by atoms with Crippen LogP contribution in [0.25, 0.3) is 0 Å². The lowest BCUT2D eigenvalue weighted by Gasteiger charge is -2.62. The quantitative estimate of drug-likeness (QED) is 0.538. The molecule has 0 heterocycles. The van der Waals surface area contributed by atoms with E-state index in [2.05, 4.69) is 10.6 Å². The van der Waals surface area contributed by atoms with Gasteiger partial charge in [0.05, 0.1) is 0 Å². The molecule has 4 saturated carbocycles. The summed E-state index contributed by atoms with van der Waals surface area (Å²) < 4.78 is 59.4. The van der Waals surface area contributed by atoms with Crippen molar-refractivity contribution < 1.29 is 27.2 Å². The fourth-order valence-electron chi connectivity index (χ4n) is 7.29. The molecule has 2 aromatic rings. The van der Waals surface area contributed by atoms with Crippen molar-refractivity contribution in [3.8, 4) is 0 Å². The first-order valence-corrected chi connectivity index (χ1v) is 11.5. The number of anilines is 2. The van der Waals surface area contributed by atoms with Gasteiger partial charge in [-0.25, -0.2) is 17.6 Å². The smallest absolute Gasteiger partial charge is 0.221 e. The van der Waals surface area contributed by atoms with E-state index < -0.39 is 57.3 Å². The van der Waals surface area contributed by atoms with Crippen molar-refractivity contribution in [1.82, 2.24) is 0 Å². The van der Waals surface area contributed by atoms with Crippen molar-refractivity contribution in [3.05, 3.63) is 58.7 Å². The van der Waals surface area contributed by atoms with Crippen LogP contribution < -0.4 is 10.6 Å². The second-order valence-corrected chi connectivity index (χ2v) is 10.5. The molecule has 0 aromatic heterocycles. The number of halogens is 4. The van der Waals surface area contributed by atoms with Crippen molar-refractivity contribution >= 4 is 23.2 Å². The summed E-state index contributed by atoms with van der Waals surface area (Å²) in [6.45, 7) is 2.37. The van der Waals surface area contributed by atoms with E-state index in [1.54, 1.807) is 0 Å². The van der Waals surface area contributed by atoms with Crippen molar-refractivity contribution in [3.63, 3.8) is 0 Å². The Bertz CT molecular complexity index is 1060. The highest BCUT2D eigenvalue weighted by atomic mass is 19.1. The molecule has 4 nitrogen and oxygen atoms in total. The van der Waals surface area contributed by atoms with Crippen LogP contribution in [0, 0.1) is 35.1 Å². The summed E-state index contributed by atoms with van der Waals surface area (Å²) in [5.74, 6) is -3.87. The van der Waals surface area contributed by atoms with E-state index in [1.807, 2.05) is 0 Å². The van der Waals surface area contributed by atoms with E-state index in [4.69, 9.17) is 0 Å². The number of amides is 2. The van der Waals surface area contributed by atoms with Gasteiger partial charge in [-0.05, 0) is 96.6 Å². The molecule has 0 aliphatic heterocycles. The molecule has 0 radical (unpaired) electrons. The number of hydrogen-bond acceptors (Lipinski definition) is 2. The van der Waals surface area contributed by atoms with E-state index in [1.165, 1.54) is 38.1 Å². The molecule has 0 unspecified atom stereocenters. The predicted molar refractivity (Wildman–Crippen MR) is 119 cm³/mol. The van der Waals surface area contributed by atoms with E-state index in [-0.39, 0.29) is 11.8 Å². The van der Waals surface area contributed by atoms with Crippen LogP contribution in [-0.4, -0.2) is 11.8 Å². The molecule has 4 aliphatic rings. The van der Waals surface area contributed by atoms with E-state index in [9.17, 15) is 27.2 Å². The van der Waals surface area contributed by atoms with E-state index in [0.29, 0.717) is 17.5 Å². The Morgan fingerprint density at radius 2 is 1.03 bits per heavy atom. The maximum absolute atomic E-state index is 14.8. The zero-order valence-corrected chi connectivity index (χ0v) is 19.0. The van der Waals surface area contributed by atoms with Gasteiger partial charge in [-0.15, -0.1) is 0 Å². The molecular weight excluding hydrogens is 448 g/mol. The molecule has 6 rings (SSSR count). The molecule has 180 valence electrons. The van der Waals surface area contributed by atoms with Gasteiger partial charge in [0.25, 0.3) is 0 Å². The fraction of sp³-hybridized carbons (Fsp3) is 0.462. The Morgan fingerprint density at radius 3 is 1.32 bits per heavy atom. The third-order valence-electron chi connectivity index (χ3n) is 7.97. The van der Waals surface area contributed by atoms with Gasteiger partial charge in [0.1, 0.15) is 34.6 Å². The molecule has 0 atom stereocenters. The van der Waals surface area contributed by atoms with Crippen LogP contribution >= 0.6 is 0 Å². The van der Waals surface area contributed by atoms with Crippen LogP contribution in [0.4, 0.5) is 28.9 Å². The minimum atomic E-state index is -0.827. The van der Waals surface area contributed by atoms with Gasteiger partial charge in [-0.3, -0.25) is 9.59 Å². The molecule has 2 amide bonds. The minimum absolute atomic E-state index is 0.281. The average Bonchev–Trinajstić information content (AvgIpc) is 2.72. The van der Waals surface area contributed by atoms with Crippen LogP contribution in [0.2, 0.25) is 0 Å². The highest BCUT2D eigenvalue weighted by Gasteiger charge is 2.59. The van der Waals surface area contributed by atoms with Crippen LogP contribution in [-0.2, 0) is 20.4 Å². The molecule has 0 saturated heterocycles. The Kier molecular flexibility index (Phi) is 5.26. The minimum Gasteiger partial charge on any atom is -0.321 e. The Morgan fingerprint density at radius 1 is 0.706 bits per heavy atom. The topological polar surface area (TPSA) is 58.2 Å². The fourth-order valence-corrected chi connectivity index (χ4v) is 7.29. The molecule has 4 fully saturated rings. The Hall–Kier alpha value is -2.90. The van der Waals surface area contributed by atoms with Gasteiger partial charge in [0.2, 0.25) is 11.8 Å². The second-order valence-electron chi connectivity index (χ2n) is 10.5. The number of nitrogens with one attached hydrogen (secondary N) is 2. The first-order valence-electron chi connectivity index (χ1n) is 11.5. The van der Waals surface area contributed by atoms with Crippen molar-refractivity contribution in [2.24, 2.45) is 11.8 Å². The summed E-state index contributed by atoms with van der Waals surface area (Å²) in [5.41, 5.74) is -0.883. The summed E-state index contributed by atoms with van der Waals surface area (Å²) in [4.78, 5) is 22.7. The third kappa shape index (κ3) is 3.67. The highest BCUT2D eigenvalue weighted by Crippen LogP contribution is 2.66. The van der Waals surface area contributed by atoms with Gasteiger partial charge < -0.3 is 10.6 Å². The summed E-state index contributed by atoms with van der Waals surface area (Å²) >= 11 is 0. The molecule has 34 heavy (non-hydrogen) atoms. The van der Waals surface area contributed by atoms with Crippen LogP contribution in [0.5, 0.6) is 0 Å². The Labute approximate surface area is 195 Å². The Balaban J connectivity index is 1.56. The van der Waals surface area contributed by atoms with Crippen molar-refractivity contribution in [2.45, 2.75) is 63.2 Å². The SMILES string of the molecule is CC(=O)Nc1c(F)cc(C23CC4CC(C2)CC(c2cc(F)c(NC(C)=O)c(F)c2)(C4)C3)cc1F. The van der Waals surface area contributed by atoms with Gasteiger partial charge >= 0.3 is 0 Å². The molecule has 8 heteroatoms. The lowest BCUT2D eigenvalue weighted by molar-refractivity contribution is -0.115. The van der Waals surface area contributed by atoms with E-state index in [0.717, 1.165) is 32.1 Å². The lowest BCUT2D eigenvalue weighted by atomic mass is 9.41. The second kappa shape index (κ2) is 7.82. The molecule has 0 spiro atoms. The monoisotopic (exact) mass is 474 g/mol. The number of hydrogen-bond donors (Lipinski definition) is 2. The van der Waals surface area contributed by atoms with Gasteiger partial charge in [0.15, 0.2) is 0 Å². The van der Waals surface area contributed by atoms with Crippen LogP contribution in [0.15, 0.2) is 24.3 Å². The van der Waals surface area contributed by atoms with Gasteiger partial charge in [-0.1, -0.05) is 0 Å². The zero-order valence-electron chi connectivity index (χ0n) is 19.0. The maximum Gasteiger partial charge on any atom is 0.221 e. The molecule has 2 aromatic carbocycles. The lowest BCUT2D eigenvalue weighted by Crippen LogP contribution is -2.56. The summed E-state index contributed by atoms with van der Waals surface area (Å²) in [5, 5.41) is 4.41. The van der Waals surface area contributed by atoms with Gasteiger partial charge in [-0.2, -0.15) is 0 Å². The van der Waals surface area contributed by atoms with Crippen molar-refractivity contribution in [1.29, 1.82) is 0 Å². The number of carbonyl (C=O) groups excluding carboxylic acids is 2. The molecule has 2 N–H and O–H groups in total. The zero-order chi connectivity index (χ0) is 24.4. The number of carbonyl (C=O) groups is 2. The maximum atomic E-state index is 14.8. The molecule has 4 aliphatic carbocycles. The summed E-state index contributed by atoms with van der Waals surface area (Å²) in [6.07, 6.45) is 4.57. The van der Waals surface area contributed by atoms with Crippen molar-refractivity contribution in [2.75, 3.05) is 10.6 Å². The van der Waals surface area contributed by atoms with Gasteiger partial charge in [0, 0.05) is 13.8 Å². The average molecular weight is 474 g/mol.